The Morgan fingerprint density at radius 2 is 1.92 bits per heavy atom. The fraction of sp³-hybridized carbons (Fsp3) is 0.333. The second-order valence-electron chi connectivity index (χ2n) is 5.95. The van der Waals surface area contributed by atoms with Crippen molar-refractivity contribution in [2.24, 2.45) is 5.92 Å². The molecule has 0 bridgehead atoms. The van der Waals surface area contributed by atoms with Gasteiger partial charge in [-0.2, -0.15) is 0 Å². The van der Waals surface area contributed by atoms with Crippen LogP contribution < -0.4 is 5.32 Å². The third-order valence-corrected chi connectivity index (χ3v) is 4.36. The van der Waals surface area contributed by atoms with Gasteiger partial charge in [-0.3, -0.25) is 9.59 Å². The molecule has 6 heteroatoms. The number of rotatable bonds is 4. The molecule has 1 saturated heterocycles. The molecule has 2 aliphatic rings. The van der Waals surface area contributed by atoms with E-state index in [1.165, 1.54) is 29.2 Å². The van der Waals surface area contributed by atoms with E-state index in [2.05, 4.69) is 5.32 Å². The van der Waals surface area contributed by atoms with Gasteiger partial charge >= 0.3 is 0 Å². The van der Waals surface area contributed by atoms with Gasteiger partial charge in [0.2, 0.25) is 5.91 Å². The fourth-order valence-corrected chi connectivity index (χ4v) is 2.85. The van der Waals surface area contributed by atoms with Crippen molar-refractivity contribution >= 4 is 17.4 Å². The standard InChI is InChI=1S/C18H19FN2O3/c1-21-17(23)13(8-11-20-15-4-2-14(19)3-5-15)12-24-18(21)9-6-16(22)7-10-18/h2-7,9-10,13,20H,8,11-12H2,1H3. The number of likely N-dealkylation sites (N-methyl/N-ethyl adjacent to an activating group) is 1. The molecule has 1 aliphatic heterocycles. The second kappa shape index (κ2) is 6.57. The molecule has 1 amide bonds. The summed E-state index contributed by atoms with van der Waals surface area (Å²) in [6.07, 6.45) is 6.66. The zero-order chi connectivity index (χ0) is 17.2. The minimum absolute atomic E-state index is 0.0224. The van der Waals surface area contributed by atoms with Crippen molar-refractivity contribution in [3.05, 3.63) is 54.4 Å². The fourth-order valence-electron chi connectivity index (χ4n) is 2.85. The van der Waals surface area contributed by atoms with Crippen LogP contribution in [0.5, 0.6) is 0 Å². The van der Waals surface area contributed by atoms with E-state index in [0.717, 1.165) is 5.69 Å². The lowest BCUT2D eigenvalue weighted by molar-refractivity contribution is -0.175. The first-order valence-corrected chi connectivity index (χ1v) is 7.84. The number of hydrogen-bond donors (Lipinski definition) is 1. The van der Waals surface area contributed by atoms with Gasteiger partial charge in [-0.1, -0.05) is 0 Å². The molecule has 1 N–H and O–H groups in total. The zero-order valence-corrected chi connectivity index (χ0v) is 13.4. The topological polar surface area (TPSA) is 58.6 Å². The van der Waals surface area contributed by atoms with Crippen molar-refractivity contribution in [3.63, 3.8) is 0 Å². The van der Waals surface area contributed by atoms with Crippen LogP contribution in [0.2, 0.25) is 0 Å². The number of nitrogens with one attached hydrogen (secondary N) is 1. The molecule has 1 unspecified atom stereocenters. The van der Waals surface area contributed by atoms with Gasteiger partial charge in [0.05, 0.1) is 12.5 Å². The quantitative estimate of drug-likeness (QED) is 0.919. The second-order valence-corrected chi connectivity index (χ2v) is 5.95. The first kappa shape index (κ1) is 16.4. The number of nitrogens with zero attached hydrogens (tertiary/aromatic N) is 1. The summed E-state index contributed by atoms with van der Waals surface area (Å²) in [6, 6.07) is 6.09. The van der Waals surface area contributed by atoms with Crippen LogP contribution in [-0.4, -0.2) is 42.5 Å². The van der Waals surface area contributed by atoms with Crippen LogP contribution in [0, 0.1) is 11.7 Å². The summed E-state index contributed by atoms with van der Waals surface area (Å²) in [5.74, 6) is -0.676. The van der Waals surface area contributed by atoms with Gasteiger partial charge in [0.15, 0.2) is 11.5 Å². The lowest BCUT2D eigenvalue weighted by atomic mass is 9.96. The molecule has 0 aromatic heterocycles. The Labute approximate surface area is 139 Å². The van der Waals surface area contributed by atoms with Crippen molar-refractivity contribution in [1.29, 1.82) is 0 Å². The smallest absolute Gasteiger partial charge is 0.230 e. The Morgan fingerprint density at radius 1 is 1.25 bits per heavy atom. The number of ketones is 1. The average molecular weight is 330 g/mol. The van der Waals surface area contributed by atoms with E-state index < -0.39 is 5.72 Å². The van der Waals surface area contributed by atoms with Crippen molar-refractivity contribution in [2.75, 3.05) is 25.5 Å². The van der Waals surface area contributed by atoms with Crippen LogP contribution in [0.25, 0.3) is 0 Å². The molecule has 1 fully saturated rings. The Bertz CT molecular complexity index is 681. The molecule has 3 rings (SSSR count). The molecule has 0 radical (unpaired) electrons. The van der Waals surface area contributed by atoms with Crippen molar-refractivity contribution < 1.29 is 18.7 Å². The van der Waals surface area contributed by atoms with E-state index in [-0.39, 0.29) is 30.0 Å². The molecule has 1 aromatic rings. The molecule has 1 atom stereocenters. The minimum Gasteiger partial charge on any atom is -0.385 e. The Balaban J connectivity index is 1.56. The lowest BCUT2D eigenvalue weighted by Gasteiger charge is -2.44. The maximum absolute atomic E-state index is 12.9. The molecule has 1 aliphatic carbocycles. The summed E-state index contributed by atoms with van der Waals surface area (Å²) in [5.41, 5.74) is -0.145. The van der Waals surface area contributed by atoms with E-state index in [9.17, 15) is 14.0 Å². The SMILES string of the molecule is CN1C(=O)C(CCNc2ccc(F)cc2)COC12C=CC(=O)C=C2. The highest BCUT2D eigenvalue weighted by Gasteiger charge is 2.43. The summed E-state index contributed by atoms with van der Waals surface area (Å²) in [4.78, 5) is 25.4. The van der Waals surface area contributed by atoms with Gasteiger partial charge in [0, 0.05) is 19.3 Å². The van der Waals surface area contributed by atoms with E-state index in [4.69, 9.17) is 4.74 Å². The minimum atomic E-state index is -0.953. The highest BCUT2D eigenvalue weighted by atomic mass is 19.1. The molecule has 5 nitrogen and oxygen atoms in total. The molecular weight excluding hydrogens is 311 g/mol. The monoisotopic (exact) mass is 330 g/mol. The molecule has 0 saturated carbocycles. The molecule has 1 spiro atoms. The number of carbonyl (C=O) groups excluding carboxylic acids is 2. The van der Waals surface area contributed by atoms with Gasteiger partial charge in [0.25, 0.3) is 0 Å². The summed E-state index contributed by atoms with van der Waals surface area (Å²) in [7, 11) is 1.67. The lowest BCUT2D eigenvalue weighted by Crippen LogP contribution is -2.57. The van der Waals surface area contributed by atoms with Gasteiger partial charge in [0.1, 0.15) is 5.82 Å². The van der Waals surface area contributed by atoms with Crippen LogP contribution in [0.15, 0.2) is 48.6 Å². The molecule has 1 aromatic carbocycles. The number of carbonyl (C=O) groups is 2. The van der Waals surface area contributed by atoms with Gasteiger partial charge in [-0.25, -0.2) is 4.39 Å². The van der Waals surface area contributed by atoms with Crippen molar-refractivity contribution in [3.8, 4) is 0 Å². The summed E-state index contributed by atoms with van der Waals surface area (Å²) in [6.45, 7) is 0.869. The third kappa shape index (κ3) is 3.23. The zero-order valence-electron chi connectivity index (χ0n) is 13.4. The summed E-state index contributed by atoms with van der Waals surface area (Å²) < 4.78 is 18.7. The molecule has 1 heterocycles. The summed E-state index contributed by atoms with van der Waals surface area (Å²) >= 11 is 0. The Morgan fingerprint density at radius 3 is 2.58 bits per heavy atom. The number of amides is 1. The number of halogens is 1. The van der Waals surface area contributed by atoms with Crippen LogP contribution in [0.1, 0.15) is 6.42 Å². The normalized spacial score (nSPS) is 22.2. The molecule has 126 valence electrons. The van der Waals surface area contributed by atoms with Gasteiger partial charge in [-0.15, -0.1) is 0 Å². The Hall–Kier alpha value is -2.47. The maximum atomic E-state index is 12.9. The van der Waals surface area contributed by atoms with E-state index >= 15 is 0 Å². The van der Waals surface area contributed by atoms with E-state index in [0.29, 0.717) is 13.0 Å². The van der Waals surface area contributed by atoms with Gasteiger partial charge in [-0.05, 0) is 55.0 Å². The number of hydrogen-bond acceptors (Lipinski definition) is 4. The number of anilines is 1. The van der Waals surface area contributed by atoms with Crippen LogP contribution in [0.4, 0.5) is 10.1 Å². The highest BCUT2D eigenvalue weighted by Crippen LogP contribution is 2.30. The van der Waals surface area contributed by atoms with Gasteiger partial charge < -0.3 is 15.0 Å². The molecule has 24 heavy (non-hydrogen) atoms. The molecular formula is C18H19FN2O3. The van der Waals surface area contributed by atoms with Crippen LogP contribution >= 0.6 is 0 Å². The first-order valence-electron chi connectivity index (χ1n) is 7.84. The number of allylic oxidation sites excluding steroid dienone is 2. The van der Waals surface area contributed by atoms with Crippen molar-refractivity contribution in [1.82, 2.24) is 4.90 Å². The first-order chi connectivity index (χ1) is 11.5. The summed E-state index contributed by atoms with van der Waals surface area (Å²) in [5, 5.41) is 3.17. The average Bonchev–Trinajstić information content (AvgIpc) is 2.59. The predicted molar refractivity (Wildman–Crippen MR) is 87.7 cm³/mol. The maximum Gasteiger partial charge on any atom is 0.230 e. The van der Waals surface area contributed by atoms with E-state index in [1.54, 1.807) is 31.3 Å². The van der Waals surface area contributed by atoms with E-state index in [1.807, 2.05) is 0 Å². The third-order valence-electron chi connectivity index (χ3n) is 4.36. The van der Waals surface area contributed by atoms with Crippen molar-refractivity contribution in [2.45, 2.75) is 12.1 Å². The predicted octanol–water partition coefficient (Wildman–Crippen LogP) is 2.12. The largest absolute Gasteiger partial charge is 0.385 e. The number of ether oxygens (including phenoxy) is 1. The highest BCUT2D eigenvalue weighted by molar-refractivity contribution is 6.00. The number of benzene rings is 1. The Kier molecular flexibility index (Phi) is 4.49. The van der Waals surface area contributed by atoms with Crippen LogP contribution in [-0.2, 0) is 14.3 Å². The van der Waals surface area contributed by atoms with Crippen LogP contribution in [0.3, 0.4) is 0 Å².